The Morgan fingerprint density at radius 1 is 1.41 bits per heavy atom. The van der Waals surface area contributed by atoms with Crippen LogP contribution in [-0.4, -0.2) is 22.4 Å². The van der Waals surface area contributed by atoms with Crippen LogP contribution in [0, 0.1) is 0 Å². The second-order valence-electron chi connectivity index (χ2n) is 3.89. The Morgan fingerprint density at radius 2 is 2.06 bits per heavy atom. The molecule has 0 bridgehead atoms. The lowest BCUT2D eigenvalue weighted by Crippen LogP contribution is -2.22. The van der Waals surface area contributed by atoms with Gasteiger partial charge in [0.15, 0.2) is 0 Å². The topological polar surface area (TPSA) is 70.1 Å². The highest BCUT2D eigenvalue weighted by Crippen LogP contribution is 2.22. The largest absolute Gasteiger partial charge is 0.464 e. The third-order valence-electron chi connectivity index (χ3n) is 2.79. The van der Waals surface area contributed by atoms with Crippen LogP contribution in [0.25, 0.3) is 0 Å². The predicted octanol–water partition coefficient (Wildman–Crippen LogP) is 1.71. The van der Waals surface area contributed by atoms with Crippen molar-refractivity contribution in [1.82, 2.24) is 9.78 Å². The van der Waals surface area contributed by atoms with Crippen molar-refractivity contribution < 1.29 is 9.53 Å². The van der Waals surface area contributed by atoms with Crippen molar-refractivity contribution in [3.8, 4) is 0 Å². The first-order valence-electron chi connectivity index (χ1n) is 6.09. The van der Waals surface area contributed by atoms with Crippen LogP contribution < -0.4 is 5.73 Å². The number of hydrogen-bond donors (Lipinski definition) is 1. The fourth-order valence-electron chi connectivity index (χ4n) is 1.83. The summed E-state index contributed by atoms with van der Waals surface area (Å²) >= 11 is 0. The number of nitrogens with zero attached hydrogens (tertiary/aromatic N) is 2. The van der Waals surface area contributed by atoms with Crippen molar-refractivity contribution >= 4 is 11.7 Å². The minimum atomic E-state index is -0.424. The van der Waals surface area contributed by atoms with E-state index in [9.17, 15) is 4.79 Å². The summed E-state index contributed by atoms with van der Waals surface area (Å²) < 4.78 is 6.69. The first-order valence-corrected chi connectivity index (χ1v) is 6.09. The molecule has 1 aromatic rings. The van der Waals surface area contributed by atoms with Crippen molar-refractivity contribution in [2.75, 3.05) is 12.3 Å². The SMILES string of the molecule is CCOC(=O)C(C)n1nc(CC)c(N)c1CC. The summed E-state index contributed by atoms with van der Waals surface area (Å²) in [5.41, 5.74) is 8.45. The summed E-state index contributed by atoms with van der Waals surface area (Å²) in [6.07, 6.45) is 1.52. The fourth-order valence-corrected chi connectivity index (χ4v) is 1.83. The summed E-state index contributed by atoms with van der Waals surface area (Å²) in [4.78, 5) is 11.7. The van der Waals surface area contributed by atoms with Crippen LogP contribution in [0.1, 0.15) is 45.1 Å². The maximum absolute atomic E-state index is 11.7. The van der Waals surface area contributed by atoms with E-state index in [0.29, 0.717) is 12.3 Å². The fraction of sp³-hybridized carbons (Fsp3) is 0.667. The van der Waals surface area contributed by atoms with Crippen LogP contribution in [0.5, 0.6) is 0 Å². The van der Waals surface area contributed by atoms with Gasteiger partial charge in [0.05, 0.1) is 23.7 Å². The van der Waals surface area contributed by atoms with E-state index < -0.39 is 6.04 Å². The first kappa shape index (κ1) is 13.5. The Morgan fingerprint density at radius 3 is 2.53 bits per heavy atom. The quantitative estimate of drug-likeness (QED) is 0.794. The average Bonchev–Trinajstić information content (AvgIpc) is 2.64. The van der Waals surface area contributed by atoms with Crippen LogP contribution in [0.3, 0.4) is 0 Å². The van der Waals surface area contributed by atoms with Gasteiger partial charge >= 0.3 is 5.97 Å². The molecule has 1 unspecified atom stereocenters. The molecule has 0 aliphatic carbocycles. The van der Waals surface area contributed by atoms with Crippen LogP contribution >= 0.6 is 0 Å². The number of nitrogens with two attached hydrogens (primary N) is 1. The number of ether oxygens (including phenoxy) is 1. The predicted molar refractivity (Wildman–Crippen MR) is 66.7 cm³/mol. The van der Waals surface area contributed by atoms with Gasteiger partial charge in [0, 0.05) is 0 Å². The molecule has 2 N–H and O–H groups in total. The smallest absolute Gasteiger partial charge is 0.330 e. The molecule has 0 spiro atoms. The Labute approximate surface area is 102 Å². The molecular weight excluding hydrogens is 218 g/mol. The van der Waals surface area contributed by atoms with Gasteiger partial charge < -0.3 is 10.5 Å². The third kappa shape index (κ3) is 2.60. The monoisotopic (exact) mass is 239 g/mol. The minimum Gasteiger partial charge on any atom is -0.464 e. The zero-order valence-electron chi connectivity index (χ0n) is 11.0. The molecule has 96 valence electrons. The van der Waals surface area contributed by atoms with Gasteiger partial charge in [-0.15, -0.1) is 0 Å². The summed E-state index contributed by atoms with van der Waals surface area (Å²) in [6, 6.07) is -0.424. The molecule has 0 radical (unpaired) electrons. The molecule has 0 amide bonds. The highest BCUT2D eigenvalue weighted by atomic mass is 16.5. The lowest BCUT2D eigenvalue weighted by Gasteiger charge is -2.13. The molecule has 1 aromatic heterocycles. The van der Waals surface area contributed by atoms with Crippen molar-refractivity contribution in [3.05, 3.63) is 11.4 Å². The average molecular weight is 239 g/mol. The summed E-state index contributed by atoms with van der Waals surface area (Å²) in [7, 11) is 0. The number of aryl methyl sites for hydroxylation is 1. The lowest BCUT2D eigenvalue weighted by atomic mass is 10.2. The van der Waals surface area contributed by atoms with Gasteiger partial charge in [-0.3, -0.25) is 4.68 Å². The van der Waals surface area contributed by atoms with Crippen molar-refractivity contribution in [2.24, 2.45) is 0 Å². The highest BCUT2D eigenvalue weighted by Gasteiger charge is 2.22. The number of rotatable bonds is 5. The number of carbonyl (C=O) groups excluding carboxylic acids is 1. The zero-order valence-corrected chi connectivity index (χ0v) is 11.0. The van der Waals surface area contributed by atoms with Crippen molar-refractivity contribution in [3.63, 3.8) is 0 Å². The van der Waals surface area contributed by atoms with Gasteiger partial charge in [-0.25, -0.2) is 4.79 Å². The molecule has 0 aliphatic rings. The second kappa shape index (κ2) is 5.70. The number of aromatic nitrogens is 2. The molecule has 0 fully saturated rings. The summed E-state index contributed by atoms with van der Waals surface area (Å²) in [6.45, 7) is 7.95. The normalized spacial score (nSPS) is 12.5. The summed E-state index contributed by atoms with van der Waals surface area (Å²) in [5.74, 6) is -0.271. The van der Waals surface area contributed by atoms with Crippen LogP contribution in [0.15, 0.2) is 0 Å². The number of carbonyl (C=O) groups is 1. The molecule has 0 aromatic carbocycles. The number of esters is 1. The molecule has 17 heavy (non-hydrogen) atoms. The van der Waals surface area contributed by atoms with Gasteiger partial charge in [-0.2, -0.15) is 5.10 Å². The highest BCUT2D eigenvalue weighted by molar-refractivity contribution is 5.74. The van der Waals surface area contributed by atoms with Gasteiger partial charge in [0.1, 0.15) is 6.04 Å². The molecule has 0 saturated carbocycles. The molecule has 1 heterocycles. The molecule has 5 nitrogen and oxygen atoms in total. The minimum absolute atomic E-state index is 0.271. The van der Waals surface area contributed by atoms with E-state index in [4.69, 9.17) is 10.5 Å². The standard InChI is InChI=1S/C12H21N3O2/c1-5-9-11(13)10(6-2)15(14-9)8(4)12(16)17-7-3/h8H,5-7,13H2,1-4H3. The maximum Gasteiger partial charge on any atom is 0.330 e. The Kier molecular flexibility index (Phi) is 4.54. The summed E-state index contributed by atoms with van der Waals surface area (Å²) in [5, 5.41) is 4.39. The molecular formula is C12H21N3O2. The van der Waals surface area contributed by atoms with E-state index in [0.717, 1.165) is 24.2 Å². The van der Waals surface area contributed by atoms with Crippen molar-refractivity contribution in [1.29, 1.82) is 0 Å². The Hall–Kier alpha value is -1.52. The van der Waals surface area contributed by atoms with Gasteiger partial charge in [0.25, 0.3) is 0 Å². The van der Waals surface area contributed by atoms with Crippen LogP contribution in [0.2, 0.25) is 0 Å². The van der Waals surface area contributed by atoms with Gasteiger partial charge in [-0.05, 0) is 26.7 Å². The molecule has 1 atom stereocenters. The van der Waals surface area contributed by atoms with E-state index in [1.165, 1.54) is 0 Å². The Balaban J connectivity index is 3.08. The van der Waals surface area contributed by atoms with E-state index in [2.05, 4.69) is 5.10 Å². The van der Waals surface area contributed by atoms with Gasteiger partial charge in [0.2, 0.25) is 0 Å². The zero-order chi connectivity index (χ0) is 13.0. The van der Waals surface area contributed by atoms with E-state index in [1.54, 1.807) is 18.5 Å². The molecule has 0 aliphatic heterocycles. The van der Waals surface area contributed by atoms with E-state index in [1.807, 2.05) is 13.8 Å². The van der Waals surface area contributed by atoms with Crippen molar-refractivity contribution in [2.45, 2.75) is 46.6 Å². The number of anilines is 1. The second-order valence-corrected chi connectivity index (χ2v) is 3.89. The maximum atomic E-state index is 11.7. The van der Waals surface area contributed by atoms with Gasteiger partial charge in [-0.1, -0.05) is 13.8 Å². The van der Waals surface area contributed by atoms with E-state index in [-0.39, 0.29) is 5.97 Å². The van der Waals surface area contributed by atoms with E-state index >= 15 is 0 Å². The van der Waals surface area contributed by atoms with Crippen LogP contribution in [0.4, 0.5) is 5.69 Å². The lowest BCUT2D eigenvalue weighted by molar-refractivity contribution is -0.146. The first-order chi connectivity index (χ1) is 8.06. The third-order valence-corrected chi connectivity index (χ3v) is 2.79. The Bertz CT molecular complexity index is 399. The molecule has 5 heteroatoms. The van der Waals surface area contributed by atoms with Crippen LogP contribution in [-0.2, 0) is 22.4 Å². The molecule has 1 rings (SSSR count). The number of hydrogen-bond acceptors (Lipinski definition) is 4. The number of nitrogen functional groups attached to an aromatic ring is 1. The molecule has 0 saturated heterocycles.